The summed E-state index contributed by atoms with van der Waals surface area (Å²) in [5, 5.41) is 8.23. The summed E-state index contributed by atoms with van der Waals surface area (Å²) >= 11 is 6.12. The van der Waals surface area contributed by atoms with Crippen LogP contribution in [0.2, 0.25) is 5.02 Å². The Morgan fingerprint density at radius 3 is 3.08 bits per heavy atom. The molecule has 1 fully saturated rings. The lowest BCUT2D eigenvalue weighted by Crippen LogP contribution is -2.44. The number of aromatic nitrogens is 2. The zero-order valence-corrected chi connectivity index (χ0v) is 15.5. The molecule has 0 radical (unpaired) electrons. The molecular weight excluding hydrogens is 365 g/mol. The molecule has 2 aromatic rings. The monoisotopic (exact) mass is 385 g/mol. The maximum atomic E-state index is 6.12. The van der Waals surface area contributed by atoms with E-state index < -0.39 is 0 Å². The molecule has 0 bridgehead atoms. The summed E-state index contributed by atoms with van der Waals surface area (Å²) in [6.07, 6.45) is 0. The first-order chi connectivity index (χ1) is 11.7. The summed E-state index contributed by atoms with van der Waals surface area (Å²) in [7, 11) is 2.09. The Morgan fingerprint density at radius 1 is 1.36 bits per heavy atom. The molecule has 7 nitrogen and oxygen atoms in total. The number of hydrogen-bond acceptors (Lipinski definition) is 7. The van der Waals surface area contributed by atoms with Crippen LogP contribution in [0.15, 0.2) is 22.7 Å². The minimum Gasteiger partial charge on any atom is -0.490 e. The van der Waals surface area contributed by atoms with Crippen molar-refractivity contribution in [3.8, 4) is 5.75 Å². The predicted octanol–water partition coefficient (Wildman–Crippen LogP) is 2.12. The molecule has 0 spiro atoms. The van der Waals surface area contributed by atoms with Crippen molar-refractivity contribution in [2.24, 2.45) is 0 Å². The van der Waals surface area contributed by atoms with Crippen molar-refractivity contribution in [1.29, 1.82) is 0 Å². The topological polar surface area (TPSA) is 66.7 Å². The van der Waals surface area contributed by atoms with E-state index in [0.29, 0.717) is 24.1 Å². The smallest absolute Gasteiger partial charge is 0.246 e. The molecule has 9 heteroatoms. The number of rotatable bonds is 3. The van der Waals surface area contributed by atoms with Crippen LogP contribution in [0.4, 0.5) is 5.69 Å². The first-order valence-electron chi connectivity index (χ1n) is 8.11. The third-order valence-corrected chi connectivity index (χ3v) is 4.73. The van der Waals surface area contributed by atoms with Gasteiger partial charge in [-0.25, -0.2) is 0 Å². The third kappa shape index (κ3) is 3.84. The number of halogens is 2. The quantitative estimate of drug-likeness (QED) is 0.867. The maximum Gasteiger partial charge on any atom is 0.246 e. The van der Waals surface area contributed by atoms with Crippen LogP contribution >= 0.6 is 24.0 Å². The molecule has 1 atom stereocenters. The number of benzene rings is 1. The van der Waals surface area contributed by atoms with Gasteiger partial charge in [0.05, 0.1) is 24.8 Å². The average molecular weight is 386 g/mol. The van der Waals surface area contributed by atoms with E-state index >= 15 is 0 Å². The summed E-state index contributed by atoms with van der Waals surface area (Å²) in [6, 6.07) is 5.79. The van der Waals surface area contributed by atoms with Gasteiger partial charge >= 0.3 is 0 Å². The Hall–Kier alpha value is -1.54. The van der Waals surface area contributed by atoms with Gasteiger partial charge in [-0.05, 0) is 25.2 Å². The molecule has 0 amide bonds. The highest BCUT2D eigenvalue weighted by molar-refractivity contribution is 6.30. The SMILES string of the molecule is CN1CCNCC1c1noc(CN2CCOc3ccc(Cl)cc32)n1.Cl. The first-order valence-corrected chi connectivity index (χ1v) is 8.49. The van der Waals surface area contributed by atoms with Crippen LogP contribution in [0.1, 0.15) is 17.8 Å². The minimum absolute atomic E-state index is 0. The number of nitrogens with zero attached hydrogens (tertiary/aromatic N) is 4. The Bertz CT molecular complexity index is 726. The average Bonchev–Trinajstić information content (AvgIpc) is 3.04. The minimum atomic E-state index is 0. The summed E-state index contributed by atoms with van der Waals surface area (Å²) < 4.78 is 11.2. The van der Waals surface area contributed by atoms with E-state index in [1.807, 2.05) is 18.2 Å². The predicted molar refractivity (Wildman–Crippen MR) is 97.8 cm³/mol. The second-order valence-corrected chi connectivity index (χ2v) is 6.57. The third-order valence-electron chi connectivity index (χ3n) is 4.50. The highest BCUT2D eigenvalue weighted by Gasteiger charge is 2.26. The van der Waals surface area contributed by atoms with Gasteiger partial charge in [-0.3, -0.25) is 4.90 Å². The van der Waals surface area contributed by atoms with Crippen molar-refractivity contribution in [1.82, 2.24) is 20.4 Å². The standard InChI is InChI=1S/C16H20ClN5O2.ClH/c1-21-5-4-18-9-13(21)16-19-15(24-20-16)10-22-6-7-23-14-3-2-11(17)8-12(14)22;/h2-3,8,13,18H,4-7,9-10H2,1H3;1H. The lowest BCUT2D eigenvalue weighted by molar-refractivity contribution is 0.190. The lowest BCUT2D eigenvalue weighted by Gasteiger charge is -2.30. The molecule has 2 aliphatic rings. The normalized spacial score (nSPS) is 20.6. The highest BCUT2D eigenvalue weighted by Crippen LogP contribution is 2.34. The fraction of sp³-hybridized carbons (Fsp3) is 0.500. The van der Waals surface area contributed by atoms with Gasteiger partial charge in [0.2, 0.25) is 5.89 Å². The van der Waals surface area contributed by atoms with Crippen molar-refractivity contribution in [2.75, 3.05) is 44.7 Å². The van der Waals surface area contributed by atoms with Crippen molar-refractivity contribution < 1.29 is 9.26 Å². The van der Waals surface area contributed by atoms with Crippen LogP contribution in [0.25, 0.3) is 0 Å². The molecule has 1 aromatic carbocycles. The number of hydrogen-bond donors (Lipinski definition) is 1. The van der Waals surface area contributed by atoms with Gasteiger partial charge in [0.25, 0.3) is 0 Å². The molecule has 2 aliphatic heterocycles. The zero-order chi connectivity index (χ0) is 16.5. The van der Waals surface area contributed by atoms with Crippen LogP contribution in [0.5, 0.6) is 5.75 Å². The van der Waals surface area contributed by atoms with Crippen LogP contribution in [-0.4, -0.2) is 54.9 Å². The number of ether oxygens (including phenoxy) is 1. The molecule has 1 aromatic heterocycles. The van der Waals surface area contributed by atoms with Gasteiger partial charge in [-0.1, -0.05) is 16.8 Å². The van der Waals surface area contributed by atoms with Crippen molar-refractivity contribution in [3.05, 3.63) is 34.9 Å². The Morgan fingerprint density at radius 2 is 2.24 bits per heavy atom. The molecule has 4 rings (SSSR count). The van der Waals surface area contributed by atoms with Crippen molar-refractivity contribution in [3.63, 3.8) is 0 Å². The molecule has 1 saturated heterocycles. The number of piperazine rings is 1. The molecule has 136 valence electrons. The molecular formula is C16H21Cl2N5O2. The second-order valence-electron chi connectivity index (χ2n) is 6.13. The fourth-order valence-corrected chi connectivity index (χ4v) is 3.30. The maximum absolute atomic E-state index is 6.12. The van der Waals surface area contributed by atoms with Gasteiger partial charge in [0.15, 0.2) is 5.82 Å². The van der Waals surface area contributed by atoms with Crippen LogP contribution < -0.4 is 15.0 Å². The molecule has 0 aliphatic carbocycles. The van der Waals surface area contributed by atoms with E-state index in [4.69, 9.17) is 20.9 Å². The van der Waals surface area contributed by atoms with E-state index in [1.165, 1.54) is 0 Å². The number of likely N-dealkylation sites (N-methyl/N-ethyl adjacent to an activating group) is 1. The van der Waals surface area contributed by atoms with Gasteiger partial charge in [0, 0.05) is 24.7 Å². The fourth-order valence-electron chi connectivity index (χ4n) is 3.14. The lowest BCUT2D eigenvalue weighted by atomic mass is 10.2. The van der Waals surface area contributed by atoms with E-state index in [1.54, 1.807) is 0 Å². The molecule has 25 heavy (non-hydrogen) atoms. The summed E-state index contributed by atoms with van der Waals surface area (Å²) in [5.41, 5.74) is 0.963. The number of anilines is 1. The number of nitrogens with one attached hydrogen (secondary N) is 1. The van der Waals surface area contributed by atoms with E-state index in [2.05, 4.69) is 32.3 Å². The summed E-state index contributed by atoms with van der Waals surface area (Å²) in [4.78, 5) is 9.00. The van der Waals surface area contributed by atoms with Crippen LogP contribution in [0, 0.1) is 0 Å². The van der Waals surface area contributed by atoms with Gasteiger partial charge < -0.3 is 19.5 Å². The Labute approximate surface area is 157 Å². The summed E-state index contributed by atoms with van der Waals surface area (Å²) in [6.45, 7) is 4.74. The molecule has 0 saturated carbocycles. The molecule has 1 N–H and O–H groups in total. The van der Waals surface area contributed by atoms with E-state index in [-0.39, 0.29) is 18.4 Å². The van der Waals surface area contributed by atoms with E-state index in [9.17, 15) is 0 Å². The molecule has 1 unspecified atom stereocenters. The zero-order valence-electron chi connectivity index (χ0n) is 13.9. The Kier molecular flexibility index (Phi) is 5.68. The van der Waals surface area contributed by atoms with Gasteiger partial charge in [-0.2, -0.15) is 4.98 Å². The van der Waals surface area contributed by atoms with Gasteiger partial charge in [-0.15, -0.1) is 12.4 Å². The highest BCUT2D eigenvalue weighted by atomic mass is 35.5. The Balaban J connectivity index is 0.00000182. The van der Waals surface area contributed by atoms with Crippen LogP contribution in [-0.2, 0) is 6.54 Å². The van der Waals surface area contributed by atoms with Gasteiger partial charge in [0.1, 0.15) is 12.4 Å². The van der Waals surface area contributed by atoms with Crippen LogP contribution in [0.3, 0.4) is 0 Å². The van der Waals surface area contributed by atoms with Crippen molar-refractivity contribution in [2.45, 2.75) is 12.6 Å². The van der Waals surface area contributed by atoms with E-state index in [0.717, 1.165) is 43.4 Å². The molecule has 3 heterocycles. The largest absolute Gasteiger partial charge is 0.490 e. The number of fused-ring (bicyclic) bond motifs is 1. The summed E-state index contributed by atoms with van der Waals surface area (Å²) in [5.74, 6) is 2.18. The first kappa shape index (κ1) is 18.3. The van der Waals surface area contributed by atoms with Crippen molar-refractivity contribution >= 4 is 29.7 Å². The second kappa shape index (κ2) is 7.78.